The summed E-state index contributed by atoms with van der Waals surface area (Å²) in [5.74, 6) is 1.43. The van der Waals surface area contributed by atoms with Gasteiger partial charge in [0.05, 0.1) is 7.11 Å². The number of hydrogen-bond acceptors (Lipinski definition) is 3. The van der Waals surface area contributed by atoms with Crippen LogP contribution >= 0.6 is 0 Å². The molecule has 0 amide bonds. The molecule has 2 aromatic rings. The number of nitrogens with two attached hydrogens (primary N) is 1. The summed E-state index contributed by atoms with van der Waals surface area (Å²) in [7, 11) is 1.72. The maximum absolute atomic E-state index is 5.86. The lowest BCUT2D eigenvalue weighted by molar-refractivity contribution is 0.418. The Morgan fingerprint density at radius 1 is 1.44 bits per heavy atom. The molecule has 2 atom stereocenters. The predicted octanol–water partition coefficient (Wildman–Crippen LogP) is 1.79. The minimum atomic E-state index is 0.333. The zero-order valence-corrected chi connectivity index (χ0v) is 10.6. The topological polar surface area (TPSA) is 63.1 Å². The second-order valence-corrected chi connectivity index (χ2v) is 4.84. The summed E-state index contributed by atoms with van der Waals surface area (Å²) in [4.78, 5) is 3.32. The molecule has 1 aromatic carbocycles. The van der Waals surface area contributed by atoms with Crippen molar-refractivity contribution in [1.82, 2.24) is 10.3 Å². The van der Waals surface area contributed by atoms with Gasteiger partial charge in [0.25, 0.3) is 0 Å². The van der Waals surface area contributed by atoms with Gasteiger partial charge in [0.2, 0.25) is 0 Å². The molecule has 1 aromatic heterocycles. The Morgan fingerprint density at radius 2 is 2.33 bits per heavy atom. The van der Waals surface area contributed by atoms with Crippen LogP contribution in [0.1, 0.15) is 18.0 Å². The van der Waals surface area contributed by atoms with E-state index in [0.717, 1.165) is 30.8 Å². The fourth-order valence-electron chi connectivity index (χ4n) is 2.97. The monoisotopic (exact) mass is 245 g/mol. The van der Waals surface area contributed by atoms with Gasteiger partial charge in [-0.3, -0.25) is 0 Å². The molecule has 2 heterocycles. The molecule has 0 bridgehead atoms. The SMILES string of the molecule is COc1cccc2[nH]cc(C3NCCC3CN)c12. The lowest BCUT2D eigenvalue weighted by Gasteiger charge is -2.18. The van der Waals surface area contributed by atoms with Gasteiger partial charge in [0, 0.05) is 23.1 Å². The van der Waals surface area contributed by atoms with Crippen molar-refractivity contribution in [2.24, 2.45) is 11.7 Å². The van der Waals surface area contributed by atoms with E-state index in [-0.39, 0.29) is 0 Å². The Bertz CT molecular complexity index is 549. The van der Waals surface area contributed by atoms with Crippen molar-refractivity contribution >= 4 is 10.9 Å². The van der Waals surface area contributed by atoms with E-state index in [2.05, 4.69) is 22.6 Å². The second kappa shape index (κ2) is 4.63. The van der Waals surface area contributed by atoms with Gasteiger partial charge in [-0.15, -0.1) is 0 Å². The summed E-state index contributed by atoms with van der Waals surface area (Å²) in [6.45, 7) is 1.76. The second-order valence-electron chi connectivity index (χ2n) is 4.84. The van der Waals surface area contributed by atoms with Crippen LogP contribution < -0.4 is 15.8 Å². The Labute approximate surface area is 107 Å². The third-order valence-electron chi connectivity index (χ3n) is 3.91. The molecule has 4 heteroatoms. The molecule has 18 heavy (non-hydrogen) atoms. The number of nitrogens with one attached hydrogen (secondary N) is 2. The first kappa shape index (κ1) is 11.6. The van der Waals surface area contributed by atoms with Gasteiger partial charge in [-0.1, -0.05) is 6.07 Å². The lowest BCUT2D eigenvalue weighted by Crippen LogP contribution is -2.23. The Kier molecular flexibility index (Phi) is 2.97. The average Bonchev–Trinajstić information content (AvgIpc) is 3.03. The van der Waals surface area contributed by atoms with Crippen molar-refractivity contribution in [3.8, 4) is 5.75 Å². The molecular formula is C14H19N3O. The average molecular weight is 245 g/mol. The van der Waals surface area contributed by atoms with E-state index in [4.69, 9.17) is 10.5 Å². The predicted molar refractivity (Wildman–Crippen MR) is 72.8 cm³/mol. The Morgan fingerprint density at radius 3 is 3.11 bits per heavy atom. The normalized spacial score (nSPS) is 23.7. The van der Waals surface area contributed by atoms with Crippen LogP contribution in [0.25, 0.3) is 10.9 Å². The molecule has 3 rings (SSSR count). The molecule has 1 aliphatic rings. The zero-order chi connectivity index (χ0) is 12.5. The first-order chi connectivity index (χ1) is 8.85. The molecular weight excluding hydrogens is 226 g/mol. The van der Waals surface area contributed by atoms with Crippen LogP contribution in [-0.2, 0) is 0 Å². The molecule has 0 spiro atoms. The van der Waals surface area contributed by atoms with Gasteiger partial charge < -0.3 is 20.8 Å². The first-order valence-electron chi connectivity index (χ1n) is 6.42. The minimum absolute atomic E-state index is 0.333. The van der Waals surface area contributed by atoms with Gasteiger partial charge in [-0.05, 0) is 43.1 Å². The summed E-state index contributed by atoms with van der Waals surface area (Å²) >= 11 is 0. The van der Waals surface area contributed by atoms with Crippen LogP contribution in [0.4, 0.5) is 0 Å². The van der Waals surface area contributed by atoms with Crippen molar-refractivity contribution < 1.29 is 4.74 Å². The standard InChI is InChI=1S/C14H19N3O/c1-18-12-4-2-3-11-13(12)10(8-17-11)14-9(7-15)5-6-16-14/h2-4,8-9,14,16-17H,5-7,15H2,1H3. The largest absolute Gasteiger partial charge is 0.496 e. The molecule has 0 aliphatic carbocycles. The highest BCUT2D eigenvalue weighted by Crippen LogP contribution is 2.37. The highest BCUT2D eigenvalue weighted by molar-refractivity contribution is 5.89. The third-order valence-corrected chi connectivity index (χ3v) is 3.91. The molecule has 4 N–H and O–H groups in total. The van der Waals surface area contributed by atoms with E-state index in [1.54, 1.807) is 7.11 Å². The third kappa shape index (κ3) is 1.69. The molecule has 96 valence electrons. The van der Waals surface area contributed by atoms with Gasteiger partial charge in [0.1, 0.15) is 5.75 Å². The quantitative estimate of drug-likeness (QED) is 0.772. The van der Waals surface area contributed by atoms with Crippen LogP contribution in [0.2, 0.25) is 0 Å². The van der Waals surface area contributed by atoms with Crippen LogP contribution in [0, 0.1) is 5.92 Å². The van der Waals surface area contributed by atoms with Gasteiger partial charge in [0.15, 0.2) is 0 Å². The number of rotatable bonds is 3. The number of fused-ring (bicyclic) bond motifs is 1. The van der Waals surface area contributed by atoms with E-state index in [1.807, 2.05) is 12.1 Å². The number of benzene rings is 1. The van der Waals surface area contributed by atoms with Crippen molar-refractivity contribution in [2.75, 3.05) is 20.2 Å². The van der Waals surface area contributed by atoms with E-state index in [0.29, 0.717) is 12.0 Å². The summed E-state index contributed by atoms with van der Waals surface area (Å²) in [6.07, 6.45) is 3.22. The van der Waals surface area contributed by atoms with Gasteiger partial charge in [-0.2, -0.15) is 0 Å². The van der Waals surface area contributed by atoms with Crippen molar-refractivity contribution in [3.63, 3.8) is 0 Å². The van der Waals surface area contributed by atoms with Gasteiger partial charge in [-0.25, -0.2) is 0 Å². The molecule has 2 unspecified atom stereocenters. The summed E-state index contributed by atoms with van der Waals surface area (Å²) in [5, 5.41) is 4.73. The van der Waals surface area contributed by atoms with Gasteiger partial charge >= 0.3 is 0 Å². The minimum Gasteiger partial charge on any atom is -0.496 e. The van der Waals surface area contributed by atoms with Crippen LogP contribution in [0.5, 0.6) is 5.75 Å². The Hall–Kier alpha value is -1.52. The van der Waals surface area contributed by atoms with Crippen LogP contribution in [-0.4, -0.2) is 25.2 Å². The number of methoxy groups -OCH3 is 1. The highest BCUT2D eigenvalue weighted by atomic mass is 16.5. The highest BCUT2D eigenvalue weighted by Gasteiger charge is 2.29. The number of aromatic amines is 1. The maximum atomic E-state index is 5.86. The van der Waals surface area contributed by atoms with Crippen LogP contribution in [0.3, 0.4) is 0 Å². The van der Waals surface area contributed by atoms with E-state index in [1.165, 1.54) is 10.9 Å². The first-order valence-corrected chi connectivity index (χ1v) is 6.42. The number of ether oxygens (including phenoxy) is 1. The number of hydrogen-bond donors (Lipinski definition) is 3. The summed E-state index contributed by atoms with van der Waals surface area (Å²) in [5.41, 5.74) is 8.26. The van der Waals surface area contributed by atoms with E-state index < -0.39 is 0 Å². The molecule has 1 aliphatic heterocycles. The molecule has 1 saturated heterocycles. The van der Waals surface area contributed by atoms with Crippen molar-refractivity contribution in [2.45, 2.75) is 12.5 Å². The Balaban J connectivity index is 2.11. The van der Waals surface area contributed by atoms with Crippen molar-refractivity contribution in [1.29, 1.82) is 0 Å². The van der Waals surface area contributed by atoms with Crippen molar-refractivity contribution in [3.05, 3.63) is 30.0 Å². The fraction of sp³-hybridized carbons (Fsp3) is 0.429. The fourth-order valence-corrected chi connectivity index (χ4v) is 2.97. The van der Waals surface area contributed by atoms with Crippen LogP contribution in [0.15, 0.2) is 24.4 Å². The number of H-pyrrole nitrogens is 1. The molecule has 1 fully saturated rings. The lowest BCUT2D eigenvalue weighted by atomic mass is 9.94. The summed E-state index contributed by atoms with van der Waals surface area (Å²) in [6, 6.07) is 6.42. The smallest absolute Gasteiger partial charge is 0.128 e. The van der Waals surface area contributed by atoms with E-state index >= 15 is 0 Å². The molecule has 4 nitrogen and oxygen atoms in total. The van der Waals surface area contributed by atoms with E-state index in [9.17, 15) is 0 Å². The number of aromatic nitrogens is 1. The zero-order valence-electron chi connectivity index (χ0n) is 10.6. The summed E-state index contributed by atoms with van der Waals surface area (Å²) < 4.78 is 5.48. The molecule has 0 radical (unpaired) electrons. The maximum Gasteiger partial charge on any atom is 0.128 e. The molecule has 0 saturated carbocycles.